The minimum atomic E-state index is -0.398. The topological polar surface area (TPSA) is 94.2 Å². The van der Waals surface area contributed by atoms with E-state index < -0.39 is 5.91 Å². The van der Waals surface area contributed by atoms with E-state index in [-0.39, 0.29) is 11.5 Å². The second kappa shape index (κ2) is 5.92. The SMILES string of the molecule is CCC(=O)c1cnn(C)c1C(=O)Nc1ccn2nc(Br)nc2c1. The quantitative estimate of drug-likeness (QED) is 0.703. The first-order valence-corrected chi connectivity index (χ1v) is 7.67. The number of ketones is 1. The number of Topliss-reactive ketones (excluding diaryl/α,β-unsaturated/α-hetero) is 1. The number of carbonyl (C=O) groups excluding carboxylic acids is 2. The fourth-order valence-electron chi connectivity index (χ4n) is 2.22. The van der Waals surface area contributed by atoms with E-state index in [0.29, 0.717) is 28.1 Å². The molecule has 0 aliphatic rings. The Labute approximate surface area is 139 Å². The number of nitrogens with one attached hydrogen (secondary N) is 1. The van der Waals surface area contributed by atoms with Crippen LogP contribution in [0.5, 0.6) is 0 Å². The van der Waals surface area contributed by atoms with Crippen molar-refractivity contribution in [3.05, 3.63) is 40.5 Å². The molecule has 0 spiro atoms. The third-order valence-corrected chi connectivity index (χ3v) is 3.68. The van der Waals surface area contributed by atoms with Gasteiger partial charge in [-0.25, -0.2) is 9.50 Å². The van der Waals surface area contributed by atoms with E-state index in [0.717, 1.165) is 0 Å². The van der Waals surface area contributed by atoms with Crippen molar-refractivity contribution in [2.24, 2.45) is 7.05 Å². The zero-order valence-electron chi connectivity index (χ0n) is 12.4. The molecule has 0 saturated carbocycles. The summed E-state index contributed by atoms with van der Waals surface area (Å²) in [5, 5.41) is 10.9. The second-order valence-electron chi connectivity index (χ2n) is 4.86. The zero-order valence-corrected chi connectivity index (χ0v) is 14.0. The van der Waals surface area contributed by atoms with Gasteiger partial charge in [0.2, 0.25) is 4.73 Å². The van der Waals surface area contributed by atoms with Crippen LogP contribution in [0.25, 0.3) is 5.65 Å². The molecule has 0 saturated heterocycles. The molecule has 3 aromatic heterocycles. The molecular formula is C14H13BrN6O2. The van der Waals surface area contributed by atoms with Crippen LogP contribution in [-0.4, -0.2) is 36.1 Å². The molecule has 0 radical (unpaired) electrons. The molecule has 0 unspecified atom stereocenters. The largest absolute Gasteiger partial charge is 0.320 e. The van der Waals surface area contributed by atoms with E-state index in [1.165, 1.54) is 10.9 Å². The highest BCUT2D eigenvalue weighted by atomic mass is 79.9. The first-order chi connectivity index (χ1) is 11.0. The summed E-state index contributed by atoms with van der Waals surface area (Å²) in [4.78, 5) is 28.6. The highest BCUT2D eigenvalue weighted by Gasteiger charge is 2.21. The van der Waals surface area contributed by atoms with Gasteiger partial charge in [0.1, 0.15) is 5.69 Å². The van der Waals surface area contributed by atoms with Crippen LogP contribution in [0.1, 0.15) is 34.2 Å². The van der Waals surface area contributed by atoms with Crippen molar-refractivity contribution in [3.8, 4) is 0 Å². The van der Waals surface area contributed by atoms with Gasteiger partial charge in [-0.15, -0.1) is 5.10 Å². The van der Waals surface area contributed by atoms with Crippen molar-refractivity contribution < 1.29 is 9.59 Å². The number of fused-ring (bicyclic) bond motifs is 1. The van der Waals surface area contributed by atoms with Gasteiger partial charge >= 0.3 is 0 Å². The first kappa shape index (κ1) is 15.3. The summed E-state index contributed by atoms with van der Waals surface area (Å²) in [6.45, 7) is 1.74. The lowest BCUT2D eigenvalue weighted by Crippen LogP contribution is -2.19. The average molecular weight is 377 g/mol. The fourth-order valence-corrected chi connectivity index (χ4v) is 2.58. The predicted molar refractivity (Wildman–Crippen MR) is 86.5 cm³/mol. The van der Waals surface area contributed by atoms with Crippen LogP contribution in [0.4, 0.5) is 5.69 Å². The molecule has 3 aromatic rings. The van der Waals surface area contributed by atoms with Crippen molar-refractivity contribution >= 4 is 39.0 Å². The number of nitrogens with zero attached hydrogens (tertiary/aromatic N) is 5. The number of aromatic nitrogens is 5. The van der Waals surface area contributed by atoms with Gasteiger partial charge in [-0.1, -0.05) is 6.92 Å². The Hall–Kier alpha value is -2.55. The van der Waals surface area contributed by atoms with Crippen molar-refractivity contribution in [1.82, 2.24) is 24.4 Å². The molecule has 0 bridgehead atoms. The number of halogens is 1. The van der Waals surface area contributed by atoms with Gasteiger partial charge in [-0.3, -0.25) is 14.3 Å². The summed E-state index contributed by atoms with van der Waals surface area (Å²) in [5.74, 6) is -0.523. The van der Waals surface area contributed by atoms with Gasteiger partial charge < -0.3 is 5.32 Å². The van der Waals surface area contributed by atoms with Gasteiger partial charge in [-0.2, -0.15) is 5.10 Å². The summed E-state index contributed by atoms with van der Waals surface area (Å²) in [6.07, 6.45) is 3.41. The van der Waals surface area contributed by atoms with E-state index in [2.05, 4.69) is 36.4 Å². The lowest BCUT2D eigenvalue weighted by Gasteiger charge is -2.07. The van der Waals surface area contributed by atoms with Crippen molar-refractivity contribution in [2.75, 3.05) is 5.32 Å². The monoisotopic (exact) mass is 376 g/mol. The van der Waals surface area contributed by atoms with Gasteiger partial charge in [0.05, 0.1) is 11.8 Å². The summed E-state index contributed by atoms with van der Waals surface area (Å²) in [6, 6.07) is 3.39. The highest BCUT2D eigenvalue weighted by molar-refractivity contribution is 9.10. The summed E-state index contributed by atoms with van der Waals surface area (Å²) in [7, 11) is 1.63. The number of amides is 1. The molecule has 9 heteroatoms. The van der Waals surface area contributed by atoms with Gasteiger partial charge in [0, 0.05) is 31.4 Å². The van der Waals surface area contributed by atoms with Crippen molar-refractivity contribution in [3.63, 3.8) is 0 Å². The van der Waals surface area contributed by atoms with Gasteiger partial charge in [-0.05, 0) is 22.0 Å². The van der Waals surface area contributed by atoms with Crippen LogP contribution >= 0.6 is 15.9 Å². The molecule has 1 amide bonds. The Morgan fingerprint density at radius 3 is 2.91 bits per heavy atom. The Morgan fingerprint density at radius 2 is 2.17 bits per heavy atom. The molecule has 1 N–H and O–H groups in total. The van der Waals surface area contributed by atoms with Crippen LogP contribution in [0.15, 0.2) is 29.3 Å². The van der Waals surface area contributed by atoms with E-state index in [1.54, 1.807) is 36.8 Å². The average Bonchev–Trinajstić information content (AvgIpc) is 3.07. The summed E-state index contributed by atoms with van der Waals surface area (Å²) >= 11 is 3.19. The molecule has 0 atom stereocenters. The van der Waals surface area contributed by atoms with Gasteiger partial charge in [0.25, 0.3) is 5.91 Å². The van der Waals surface area contributed by atoms with Crippen molar-refractivity contribution in [2.45, 2.75) is 13.3 Å². The molecule has 0 fully saturated rings. The number of rotatable bonds is 4. The summed E-state index contributed by atoms with van der Waals surface area (Å²) < 4.78 is 3.43. The molecule has 118 valence electrons. The lowest BCUT2D eigenvalue weighted by atomic mass is 10.1. The molecule has 0 aliphatic heterocycles. The number of hydrogen-bond donors (Lipinski definition) is 1. The fraction of sp³-hybridized carbons (Fsp3) is 0.214. The van der Waals surface area contributed by atoms with E-state index in [4.69, 9.17) is 0 Å². The summed E-state index contributed by atoms with van der Waals surface area (Å²) in [5.41, 5.74) is 1.70. The molecule has 3 heterocycles. The zero-order chi connectivity index (χ0) is 16.6. The van der Waals surface area contributed by atoms with Crippen LogP contribution in [0.3, 0.4) is 0 Å². The second-order valence-corrected chi connectivity index (χ2v) is 5.57. The maximum absolute atomic E-state index is 12.5. The van der Waals surface area contributed by atoms with Crippen LogP contribution < -0.4 is 5.32 Å². The minimum Gasteiger partial charge on any atom is -0.320 e. The number of carbonyl (C=O) groups is 2. The molecule has 0 aromatic carbocycles. The Kier molecular flexibility index (Phi) is 3.95. The molecule has 0 aliphatic carbocycles. The number of aryl methyl sites for hydroxylation is 1. The standard InChI is InChI=1S/C14H13BrN6O2/c1-3-10(22)9-7-16-20(2)12(9)13(23)17-8-4-5-21-11(6-8)18-14(15)19-21/h4-7H,3H2,1-2H3,(H,17,23). The molecule has 23 heavy (non-hydrogen) atoms. The normalized spacial score (nSPS) is 10.9. The van der Waals surface area contributed by atoms with Crippen LogP contribution in [0, 0.1) is 0 Å². The van der Waals surface area contributed by atoms with E-state index >= 15 is 0 Å². The third-order valence-electron chi connectivity index (χ3n) is 3.34. The third kappa shape index (κ3) is 2.87. The van der Waals surface area contributed by atoms with Crippen molar-refractivity contribution in [1.29, 1.82) is 0 Å². The number of hydrogen-bond acceptors (Lipinski definition) is 5. The molecular weight excluding hydrogens is 364 g/mol. The van der Waals surface area contributed by atoms with E-state index in [9.17, 15) is 9.59 Å². The highest BCUT2D eigenvalue weighted by Crippen LogP contribution is 2.16. The molecule has 3 rings (SSSR count). The Morgan fingerprint density at radius 1 is 1.39 bits per heavy atom. The smallest absolute Gasteiger partial charge is 0.274 e. The lowest BCUT2D eigenvalue weighted by molar-refractivity contribution is 0.0965. The van der Waals surface area contributed by atoms with Crippen LogP contribution in [-0.2, 0) is 7.05 Å². The predicted octanol–water partition coefficient (Wildman–Crippen LogP) is 2.07. The first-order valence-electron chi connectivity index (χ1n) is 6.88. The maximum Gasteiger partial charge on any atom is 0.274 e. The van der Waals surface area contributed by atoms with Crippen LogP contribution in [0.2, 0.25) is 0 Å². The maximum atomic E-state index is 12.5. The van der Waals surface area contributed by atoms with E-state index in [1.807, 2.05) is 0 Å². The number of anilines is 1. The van der Waals surface area contributed by atoms with Gasteiger partial charge in [0.15, 0.2) is 11.4 Å². The minimum absolute atomic E-state index is 0.125. The molecule has 8 nitrogen and oxygen atoms in total. The Balaban J connectivity index is 1.91. The Bertz CT molecular complexity index is 913. The number of pyridine rings is 1.